The van der Waals surface area contributed by atoms with Gasteiger partial charge in [-0.15, -0.1) is 0 Å². The van der Waals surface area contributed by atoms with Crippen molar-refractivity contribution < 1.29 is 31.1 Å². The van der Waals surface area contributed by atoms with Crippen LogP contribution in [0.5, 0.6) is 5.75 Å². The number of alkyl halides is 6. The van der Waals surface area contributed by atoms with Gasteiger partial charge in [-0.2, -0.15) is 26.3 Å². The van der Waals surface area contributed by atoms with Crippen LogP contribution in [-0.2, 0) is 6.54 Å². The first-order valence-corrected chi connectivity index (χ1v) is 5.16. The largest absolute Gasteiger partial charge is 0.471 e. The topological polar surface area (TPSA) is 35.2 Å². The first-order valence-electron chi connectivity index (χ1n) is 5.16. The summed E-state index contributed by atoms with van der Waals surface area (Å²) >= 11 is 0. The Hall–Kier alpha value is -1.44. The molecule has 1 rings (SSSR count). The van der Waals surface area contributed by atoms with Crippen molar-refractivity contribution in [1.82, 2.24) is 0 Å². The van der Waals surface area contributed by atoms with Crippen molar-refractivity contribution in [2.24, 2.45) is 5.73 Å². The van der Waals surface area contributed by atoms with E-state index in [-0.39, 0.29) is 17.7 Å². The monoisotopic (exact) mass is 287 g/mol. The van der Waals surface area contributed by atoms with E-state index in [4.69, 9.17) is 5.73 Å². The van der Waals surface area contributed by atoms with Crippen LogP contribution in [0.4, 0.5) is 26.3 Å². The SMILES string of the molecule is Cc1cccc(CN)c1OC(C(F)(F)F)C(F)(F)F. The minimum atomic E-state index is -5.55. The van der Waals surface area contributed by atoms with Crippen LogP contribution in [-0.4, -0.2) is 18.5 Å². The second kappa shape index (κ2) is 5.28. The number of ether oxygens (including phenoxy) is 1. The van der Waals surface area contributed by atoms with Crippen molar-refractivity contribution in [3.05, 3.63) is 29.3 Å². The van der Waals surface area contributed by atoms with Gasteiger partial charge < -0.3 is 10.5 Å². The first-order chi connectivity index (χ1) is 8.57. The van der Waals surface area contributed by atoms with Crippen LogP contribution in [0, 0.1) is 6.92 Å². The normalized spacial score (nSPS) is 12.9. The molecule has 0 amide bonds. The highest BCUT2D eigenvalue weighted by atomic mass is 19.4. The molecule has 0 aliphatic carbocycles. The van der Waals surface area contributed by atoms with Gasteiger partial charge in [0.05, 0.1) is 0 Å². The molecule has 19 heavy (non-hydrogen) atoms. The van der Waals surface area contributed by atoms with E-state index in [1.807, 2.05) is 0 Å². The molecule has 1 aromatic carbocycles. The molecule has 2 N–H and O–H groups in total. The summed E-state index contributed by atoms with van der Waals surface area (Å²) in [4.78, 5) is 0. The van der Waals surface area contributed by atoms with Crippen LogP contribution in [0.3, 0.4) is 0 Å². The summed E-state index contributed by atoms with van der Waals surface area (Å²) in [5.41, 5.74) is 5.51. The van der Waals surface area contributed by atoms with E-state index < -0.39 is 24.2 Å². The molecule has 0 aromatic heterocycles. The van der Waals surface area contributed by atoms with Gasteiger partial charge in [0.2, 0.25) is 0 Å². The maximum absolute atomic E-state index is 12.4. The third-order valence-corrected chi connectivity index (χ3v) is 2.34. The first kappa shape index (κ1) is 15.6. The van der Waals surface area contributed by atoms with Crippen molar-refractivity contribution >= 4 is 0 Å². The second-order valence-corrected chi connectivity index (χ2v) is 3.85. The summed E-state index contributed by atoms with van der Waals surface area (Å²) in [6.07, 6.45) is -15.0. The number of nitrogens with two attached hydrogens (primary N) is 1. The van der Waals surface area contributed by atoms with E-state index >= 15 is 0 Å². The Morgan fingerprint density at radius 3 is 2.05 bits per heavy atom. The highest BCUT2D eigenvalue weighted by Crippen LogP contribution is 2.38. The summed E-state index contributed by atoms with van der Waals surface area (Å²) < 4.78 is 78.5. The molecule has 1 aromatic rings. The number of aryl methyl sites for hydroxylation is 1. The van der Waals surface area contributed by atoms with Gasteiger partial charge in [-0.1, -0.05) is 18.2 Å². The molecule has 0 spiro atoms. The van der Waals surface area contributed by atoms with Crippen LogP contribution >= 0.6 is 0 Å². The Balaban J connectivity index is 3.18. The standard InChI is InChI=1S/C11H11F6NO/c1-6-3-2-4-7(5-18)8(6)19-9(10(12,13)14)11(15,16)17/h2-4,9H,5,18H2,1H3. The quantitative estimate of drug-likeness (QED) is 0.865. The van der Waals surface area contributed by atoms with Gasteiger partial charge in [-0.3, -0.25) is 0 Å². The number of rotatable bonds is 3. The van der Waals surface area contributed by atoms with E-state index in [9.17, 15) is 26.3 Å². The molecule has 0 atom stereocenters. The van der Waals surface area contributed by atoms with Crippen molar-refractivity contribution in [1.29, 1.82) is 0 Å². The molecule has 0 saturated heterocycles. The highest BCUT2D eigenvalue weighted by Gasteiger charge is 2.59. The summed E-state index contributed by atoms with van der Waals surface area (Å²) in [5.74, 6) is -0.482. The third-order valence-electron chi connectivity index (χ3n) is 2.34. The van der Waals surface area contributed by atoms with E-state index in [0.717, 1.165) is 0 Å². The van der Waals surface area contributed by atoms with E-state index in [1.165, 1.54) is 25.1 Å². The minimum Gasteiger partial charge on any atom is -0.471 e. The maximum Gasteiger partial charge on any atom is 0.434 e. The Labute approximate surface area is 105 Å². The molecule has 108 valence electrons. The molecule has 0 heterocycles. The number of para-hydroxylation sites is 1. The molecule has 0 aliphatic rings. The predicted octanol–water partition coefficient (Wildman–Crippen LogP) is 3.33. The lowest BCUT2D eigenvalue weighted by molar-refractivity contribution is -0.300. The van der Waals surface area contributed by atoms with E-state index in [2.05, 4.69) is 4.74 Å². The molecular weight excluding hydrogens is 276 g/mol. The zero-order valence-electron chi connectivity index (χ0n) is 9.77. The molecule has 0 aliphatic heterocycles. The van der Waals surface area contributed by atoms with Crippen LogP contribution in [0.2, 0.25) is 0 Å². The smallest absolute Gasteiger partial charge is 0.434 e. The molecule has 0 saturated carbocycles. The number of hydrogen-bond acceptors (Lipinski definition) is 2. The molecule has 8 heteroatoms. The molecule has 0 bridgehead atoms. The van der Waals surface area contributed by atoms with Gasteiger partial charge in [0, 0.05) is 12.1 Å². The van der Waals surface area contributed by atoms with Crippen LogP contribution in [0.1, 0.15) is 11.1 Å². The maximum atomic E-state index is 12.4. The summed E-state index contributed by atoms with van der Waals surface area (Å²) in [6, 6.07) is 4.13. The van der Waals surface area contributed by atoms with Crippen molar-refractivity contribution in [3.63, 3.8) is 0 Å². The van der Waals surface area contributed by atoms with Crippen molar-refractivity contribution in [2.75, 3.05) is 0 Å². The average Bonchev–Trinajstić information content (AvgIpc) is 2.23. The molecule has 0 radical (unpaired) electrons. The van der Waals surface area contributed by atoms with E-state index in [0.29, 0.717) is 0 Å². The molecular formula is C11H11F6NO. The Kier molecular flexibility index (Phi) is 4.34. The Morgan fingerprint density at radius 2 is 1.63 bits per heavy atom. The minimum absolute atomic E-state index is 0.0819. The third kappa shape index (κ3) is 3.76. The second-order valence-electron chi connectivity index (χ2n) is 3.85. The predicted molar refractivity (Wildman–Crippen MR) is 55.6 cm³/mol. The lowest BCUT2D eigenvalue weighted by Gasteiger charge is -2.25. The average molecular weight is 287 g/mol. The molecule has 0 unspecified atom stereocenters. The van der Waals surface area contributed by atoms with Gasteiger partial charge in [-0.05, 0) is 12.5 Å². The Bertz CT molecular complexity index is 426. The fraction of sp³-hybridized carbons (Fsp3) is 0.455. The lowest BCUT2D eigenvalue weighted by atomic mass is 10.1. The van der Waals surface area contributed by atoms with E-state index in [1.54, 1.807) is 0 Å². The van der Waals surface area contributed by atoms with Gasteiger partial charge in [0.1, 0.15) is 5.75 Å². The van der Waals surface area contributed by atoms with Crippen LogP contribution in [0.15, 0.2) is 18.2 Å². The fourth-order valence-corrected chi connectivity index (χ4v) is 1.48. The molecule has 0 fully saturated rings. The Morgan fingerprint density at radius 1 is 1.11 bits per heavy atom. The zero-order valence-corrected chi connectivity index (χ0v) is 9.77. The van der Waals surface area contributed by atoms with Crippen molar-refractivity contribution in [2.45, 2.75) is 31.9 Å². The molecule has 2 nitrogen and oxygen atoms in total. The lowest BCUT2D eigenvalue weighted by Crippen LogP contribution is -2.46. The van der Waals surface area contributed by atoms with Gasteiger partial charge in [0.25, 0.3) is 6.10 Å². The summed E-state index contributed by atoms with van der Waals surface area (Å²) in [6.45, 7) is 1.12. The number of halogens is 6. The van der Waals surface area contributed by atoms with Crippen LogP contribution < -0.4 is 10.5 Å². The van der Waals surface area contributed by atoms with Crippen molar-refractivity contribution in [3.8, 4) is 5.75 Å². The van der Waals surface area contributed by atoms with Gasteiger partial charge in [0.15, 0.2) is 0 Å². The number of hydrogen-bond donors (Lipinski definition) is 1. The van der Waals surface area contributed by atoms with Crippen LogP contribution in [0.25, 0.3) is 0 Å². The highest BCUT2D eigenvalue weighted by molar-refractivity contribution is 5.41. The van der Waals surface area contributed by atoms with Gasteiger partial charge in [-0.25, -0.2) is 0 Å². The summed E-state index contributed by atoms with van der Waals surface area (Å²) in [5, 5.41) is 0. The fourth-order valence-electron chi connectivity index (χ4n) is 1.48. The zero-order chi connectivity index (χ0) is 14.8. The number of benzene rings is 1. The summed E-state index contributed by atoms with van der Waals surface area (Å²) in [7, 11) is 0. The van der Waals surface area contributed by atoms with Gasteiger partial charge >= 0.3 is 12.4 Å².